The second-order valence-corrected chi connectivity index (χ2v) is 5.06. The first-order valence-electron chi connectivity index (χ1n) is 5.83. The third-order valence-corrected chi connectivity index (χ3v) is 3.53. The van der Waals surface area contributed by atoms with Gasteiger partial charge in [0.2, 0.25) is 0 Å². The third-order valence-electron chi connectivity index (χ3n) is 2.83. The zero-order valence-corrected chi connectivity index (χ0v) is 11.7. The summed E-state index contributed by atoms with van der Waals surface area (Å²) in [6.07, 6.45) is -2.63. The van der Waals surface area contributed by atoms with Crippen LogP contribution in [0.25, 0.3) is 0 Å². The van der Waals surface area contributed by atoms with Crippen molar-refractivity contribution in [2.24, 2.45) is 0 Å². The fourth-order valence-electron chi connectivity index (χ4n) is 1.76. The summed E-state index contributed by atoms with van der Waals surface area (Å²) in [5.74, 6) is 0. The van der Waals surface area contributed by atoms with Crippen molar-refractivity contribution in [3.63, 3.8) is 0 Å². The van der Waals surface area contributed by atoms with Gasteiger partial charge < -0.3 is 0 Å². The van der Waals surface area contributed by atoms with E-state index in [0.29, 0.717) is 23.6 Å². The van der Waals surface area contributed by atoms with Crippen LogP contribution in [0.15, 0.2) is 36.5 Å². The van der Waals surface area contributed by atoms with Gasteiger partial charge in [-0.2, -0.15) is 13.2 Å². The first-order chi connectivity index (χ1) is 9.38. The average Bonchev–Trinajstić information content (AvgIpc) is 2.38. The molecule has 0 fully saturated rings. The van der Waals surface area contributed by atoms with Gasteiger partial charge in [-0.15, -0.1) is 0 Å². The molecule has 0 aliphatic carbocycles. The molecule has 0 N–H and O–H groups in total. The fraction of sp³-hybridized carbons (Fsp3) is 0.214. The Bertz CT molecular complexity index is 612. The Hall–Kier alpha value is -1.26. The Labute approximate surface area is 124 Å². The van der Waals surface area contributed by atoms with Gasteiger partial charge >= 0.3 is 6.18 Å². The van der Waals surface area contributed by atoms with Gasteiger partial charge in [0.05, 0.1) is 16.3 Å². The highest BCUT2D eigenvalue weighted by atomic mass is 35.5. The second-order valence-electron chi connectivity index (χ2n) is 4.24. The summed E-state index contributed by atoms with van der Waals surface area (Å²) in [7, 11) is 0. The van der Waals surface area contributed by atoms with Crippen molar-refractivity contribution in [1.29, 1.82) is 0 Å². The fourth-order valence-corrected chi connectivity index (χ4v) is 2.25. The van der Waals surface area contributed by atoms with Crippen LogP contribution in [-0.4, -0.2) is 4.98 Å². The highest BCUT2D eigenvalue weighted by Crippen LogP contribution is 2.31. The topological polar surface area (TPSA) is 12.9 Å². The maximum absolute atomic E-state index is 12.5. The number of nitrogens with zero attached hydrogens (tertiary/aromatic N) is 1. The summed E-state index contributed by atoms with van der Waals surface area (Å²) < 4.78 is 37.5. The predicted octanol–water partition coefficient (Wildman–Crippen LogP) is 5.19. The standard InChI is InChI=1S/C14H10Cl2F3N/c15-11-4-2-1-3-9(11)5-6-13-12(16)7-10(8-20-13)14(17,18)19/h1-4,7-8H,5-6H2. The van der Waals surface area contributed by atoms with Crippen LogP contribution < -0.4 is 0 Å². The SMILES string of the molecule is FC(F)(F)c1cnc(CCc2ccccc2Cl)c(Cl)c1. The molecule has 20 heavy (non-hydrogen) atoms. The molecule has 0 amide bonds. The molecule has 0 spiro atoms. The molecule has 0 saturated carbocycles. The van der Waals surface area contributed by atoms with E-state index in [0.717, 1.165) is 17.8 Å². The molecule has 6 heteroatoms. The van der Waals surface area contributed by atoms with Crippen LogP contribution in [0, 0.1) is 0 Å². The number of hydrogen-bond acceptors (Lipinski definition) is 1. The van der Waals surface area contributed by atoms with Crippen molar-refractivity contribution < 1.29 is 13.2 Å². The minimum atomic E-state index is -4.43. The number of halogens is 5. The Morgan fingerprint density at radius 3 is 2.30 bits per heavy atom. The molecule has 0 saturated heterocycles. The number of aryl methyl sites for hydroxylation is 2. The van der Waals surface area contributed by atoms with Gasteiger partial charge in [-0.3, -0.25) is 4.98 Å². The van der Waals surface area contributed by atoms with Gasteiger partial charge in [-0.25, -0.2) is 0 Å². The van der Waals surface area contributed by atoms with E-state index in [1.54, 1.807) is 6.07 Å². The highest BCUT2D eigenvalue weighted by molar-refractivity contribution is 6.31. The average molecular weight is 320 g/mol. The van der Waals surface area contributed by atoms with Crippen molar-refractivity contribution in [1.82, 2.24) is 4.98 Å². The number of rotatable bonds is 3. The zero-order valence-electron chi connectivity index (χ0n) is 10.2. The third kappa shape index (κ3) is 3.64. The summed E-state index contributed by atoms with van der Waals surface area (Å²) in [6, 6.07) is 8.19. The number of hydrogen-bond donors (Lipinski definition) is 0. The van der Waals surface area contributed by atoms with Crippen LogP contribution in [0.5, 0.6) is 0 Å². The maximum Gasteiger partial charge on any atom is 0.417 e. The normalized spacial score (nSPS) is 11.7. The molecule has 0 aliphatic heterocycles. The first kappa shape index (κ1) is 15.1. The van der Waals surface area contributed by atoms with Gasteiger partial charge in [0.15, 0.2) is 0 Å². The number of aromatic nitrogens is 1. The lowest BCUT2D eigenvalue weighted by atomic mass is 10.1. The molecule has 0 atom stereocenters. The highest BCUT2D eigenvalue weighted by Gasteiger charge is 2.31. The summed E-state index contributed by atoms with van der Waals surface area (Å²) in [4.78, 5) is 3.79. The van der Waals surface area contributed by atoms with E-state index in [4.69, 9.17) is 23.2 Å². The summed E-state index contributed by atoms with van der Waals surface area (Å²) in [5, 5.41) is 0.641. The van der Waals surface area contributed by atoms with E-state index in [-0.39, 0.29) is 5.02 Å². The molecule has 106 valence electrons. The van der Waals surface area contributed by atoms with E-state index < -0.39 is 11.7 Å². The molecule has 0 unspecified atom stereocenters. The van der Waals surface area contributed by atoms with Crippen LogP contribution in [0.3, 0.4) is 0 Å². The van der Waals surface area contributed by atoms with E-state index in [9.17, 15) is 13.2 Å². The lowest BCUT2D eigenvalue weighted by Gasteiger charge is -2.09. The van der Waals surface area contributed by atoms with Crippen LogP contribution in [0.2, 0.25) is 10.0 Å². The maximum atomic E-state index is 12.5. The molecule has 0 radical (unpaired) electrons. The molecule has 2 aromatic rings. The molecule has 1 nitrogen and oxygen atoms in total. The Kier molecular flexibility index (Phi) is 4.55. The van der Waals surface area contributed by atoms with Crippen LogP contribution in [-0.2, 0) is 19.0 Å². The second kappa shape index (κ2) is 6.02. The van der Waals surface area contributed by atoms with Gasteiger partial charge in [0.25, 0.3) is 0 Å². The lowest BCUT2D eigenvalue weighted by molar-refractivity contribution is -0.137. The van der Waals surface area contributed by atoms with E-state index in [1.807, 2.05) is 18.2 Å². The van der Waals surface area contributed by atoms with Crippen molar-refractivity contribution in [3.8, 4) is 0 Å². The van der Waals surface area contributed by atoms with Crippen LogP contribution in [0.4, 0.5) is 13.2 Å². The Balaban J connectivity index is 2.13. The smallest absolute Gasteiger partial charge is 0.259 e. The Morgan fingerprint density at radius 1 is 1.00 bits per heavy atom. The predicted molar refractivity (Wildman–Crippen MR) is 73.1 cm³/mol. The van der Waals surface area contributed by atoms with E-state index >= 15 is 0 Å². The molecule has 2 rings (SSSR count). The van der Waals surface area contributed by atoms with Crippen molar-refractivity contribution in [3.05, 3.63) is 63.4 Å². The molecular formula is C14H10Cl2F3N. The molecule has 1 aromatic heterocycles. The number of pyridine rings is 1. The summed E-state index contributed by atoms with van der Waals surface area (Å²) in [6.45, 7) is 0. The largest absolute Gasteiger partial charge is 0.417 e. The van der Waals surface area contributed by atoms with Gasteiger partial charge in [-0.1, -0.05) is 41.4 Å². The molecule has 1 aromatic carbocycles. The quantitative estimate of drug-likeness (QED) is 0.758. The monoisotopic (exact) mass is 319 g/mol. The van der Waals surface area contributed by atoms with E-state index in [1.165, 1.54) is 0 Å². The van der Waals surface area contributed by atoms with Crippen LogP contribution >= 0.6 is 23.2 Å². The van der Waals surface area contributed by atoms with Gasteiger partial charge in [0.1, 0.15) is 0 Å². The molecule has 0 bridgehead atoms. The Morgan fingerprint density at radius 2 is 1.70 bits per heavy atom. The first-order valence-corrected chi connectivity index (χ1v) is 6.58. The molecule has 0 aliphatic rings. The number of benzene rings is 1. The minimum absolute atomic E-state index is 0.0203. The van der Waals surface area contributed by atoms with Crippen molar-refractivity contribution in [2.45, 2.75) is 19.0 Å². The zero-order chi connectivity index (χ0) is 14.8. The summed E-state index contributed by atoms with van der Waals surface area (Å²) >= 11 is 11.9. The van der Waals surface area contributed by atoms with Gasteiger partial charge in [-0.05, 0) is 30.5 Å². The minimum Gasteiger partial charge on any atom is -0.259 e. The molecule has 1 heterocycles. The molecular weight excluding hydrogens is 310 g/mol. The lowest BCUT2D eigenvalue weighted by Crippen LogP contribution is -2.07. The van der Waals surface area contributed by atoms with Crippen molar-refractivity contribution >= 4 is 23.2 Å². The van der Waals surface area contributed by atoms with E-state index in [2.05, 4.69) is 4.98 Å². The van der Waals surface area contributed by atoms with Gasteiger partial charge in [0, 0.05) is 11.2 Å². The van der Waals surface area contributed by atoms with Crippen LogP contribution in [0.1, 0.15) is 16.8 Å². The number of alkyl halides is 3. The summed E-state index contributed by atoms with van der Waals surface area (Å²) in [5.41, 5.74) is 0.496. The van der Waals surface area contributed by atoms with Crippen molar-refractivity contribution in [2.75, 3.05) is 0 Å².